The van der Waals surface area contributed by atoms with Gasteiger partial charge < -0.3 is 43.4 Å². The molecule has 0 aliphatic rings. The molecular formula is C16H28N6O8S. The number of aliphatic carboxylic acids is 1. The molecule has 5 atom stereocenters. The van der Waals surface area contributed by atoms with Crippen LogP contribution in [-0.4, -0.2) is 81.7 Å². The van der Waals surface area contributed by atoms with Gasteiger partial charge in [-0.25, -0.2) is 4.79 Å². The van der Waals surface area contributed by atoms with Crippen molar-refractivity contribution in [2.75, 3.05) is 5.75 Å². The molecule has 5 amide bonds. The molecule has 15 heteroatoms. The third-order valence-electron chi connectivity index (χ3n) is 3.94. The molecule has 0 spiro atoms. The number of carboxylic acids is 1. The number of hydrogen-bond acceptors (Lipinski definition) is 9. The number of aliphatic hydroxyl groups excluding tert-OH is 1. The van der Waals surface area contributed by atoms with E-state index in [1.165, 1.54) is 0 Å². The fourth-order valence-electron chi connectivity index (χ4n) is 2.23. The van der Waals surface area contributed by atoms with Crippen LogP contribution >= 0.6 is 12.6 Å². The van der Waals surface area contributed by atoms with E-state index >= 15 is 0 Å². The number of carboxylic acid groups (broad SMARTS) is 1. The summed E-state index contributed by atoms with van der Waals surface area (Å²) < 4.78 is 0. The molecular weight excluding hydrogens is 436 g/mol. The van der Waals surface area contributed by atoms with E-state index in [0.717, 1.165) is 6.92 Å². The number of carbonyl (C=O) groups excluding carboxylic acids is 5. The fraction of sp³-hybridized carbons (Fsp3) is 0.625. The number of rotatable bonds is 14. The molecule has 0 aromatic heterocycles. The van der Waals surface area contributed by atoms with E-state index in [4.69, 9.17) is 22.3 Å². The molecule has 11 N–H and O–H groups in total. The Morgan fingerprint density at radius 2 is 1.42 bits per heavy atom. The van der Waals surface area contributed by atoms with Crippen LogP contribution in [0.3, 0.4) is 0 Å². The number of hydrogen-bond donors (Lipinski definition) is 9. The first kappa shape index (κ1) is 28.1. The van der Waals surface area contributed by atoms with Crippen LogP contribution in [0.4, 0.5) is 0 Å². The summed E-state index contributed by atoms with van der Waals surface area (Å²) in [4.78, 5) is 70.1. The van der Waals surface area contributed by atoms with Crippen molar-refractivity contribution in [2.24, 2.45) is 17.2 Å². The molecule has 0 aromatic rings. The molecule has 0 aliphatic heterocycles. The summed E-state index contributed by atoms with van der Waals surface area (Å²) in [6.07, 6.45) is -2.38. The lowest BCUT2D eigenvalue weighted by atomic mass is 10.1. The first-order chi connectivity index (χ1) is 14.3. The third kappa shape index (κ3) is 10.6. The van der Waals surface area contributed by atoms with Crippen molar-refractivity contribution in [3.05, 3.63) is 0 Å². The Hall–Kier alpha value is -2.91. The topological polar surface area (TPSA) is 257 Å². The average Bonchev–Trinajstić information content (AvgIpc) is 2.66. The highest BCUT2D eigenvalue weighted by atomic mass is 32.1. The lowest BCUT2D eigenvalue weighted by Gasteiger charge is -2.24. The maximum absolute atomic E-state index is 12.5. The minimum absolute atomic E-state index is 0.0648. The van der Waals surface area contributed by atoms with Gasteiger partial charge in [0.2, 0.25) is 29.5 Å². The Bertz CT molecular complexity index is 704. The first-order valence-corrected chi connectivity index (χ1v) is 9.68. The zero-order valence-corrected chi connectivity index (χ0v) is 17.6. The SMILES string of the molecule is CC(O)C(NC(=O)C(CC(N)=O)NC(=O)C(CS)NC(=O)C(N)CCC(N)=O)C(=O)O. The Kier molecular flexibility index (Phi) is 12.1. The van der Waals surface area contributed by atoms with Gasteiger partial charge in [-0.15, -0.1) is 0 Å². The van der Waals surface area contributed by atoms with Crippen LogP contribution in [0.15, 0.2) is 0 Å². The van der Waals surface area contributed by atoms with Gasteiger partial charge in [-0.2, -0.15) is 12.6 Å². The molecule has 0 heterocycles. The van der Waals surface area contributed by atoms with Crippen molar-refractivity contribution in [1.82, 2.24) is 16.0 Å². The Labute approximate surface area is 183 Å². The van der Waals surface area contributed by atoms with Crippen molar-refractivity contribution >= 4 is 48.1 Å². The Morgan fingerprint density at radius 1 is 0.903 bits per heavy atom. The van der Waals surface area contributed by atoms with Gasteiger partial charge in [-0.1, -0.05) is 0 Å². The van der Waals surface area contributed by atoms with E-state index in [-0.39, 0.29) is 18.6 Å². The van der Waals surface area contributed by atoms with Gasteiger partial charge in [-0.05, 0) is 13.3 Å². The second-order valence-electron chi connectivity index (χ2n) is 6.65. The molecule has 0 aliphatic carbocycles. The quantitative estimate of drug-likeness (QED) is 0.112. The number of carbonyl (C=O) groups is 6. The van der Waals surface area contributed by atoms with Crippen LogP contribution in [0.25, 0.3) is 0 Å². The average molecular weight is 465 g/mol. The Balaban J connectivity index is 5.23. The van der Waals surface area contributed by atoms with Crippen molar-refractivity contribution < 1.29 is 39.0 Å². The van der Waals surface area contributed by atoms with E-state index in [0.29, 0.717) is 0 Å². The number of amides is 5. The lowest BCUT2D eigenvalue weighted by molar-refractivity contribution is -0.145. The molecule has 0 bridgehead atoms. The molecule has 0 saturated carbocycles. The molecule has 5 unspecified atom stereocenters. The Morgan fingerprint density at radius 3 is 1.84 bits per heavy atom. The van der Waals surface area contributed by atoms with E-state index in [2.05, 4.69) is 23.3 Å². The summed E-state index contributed by atoms with van der Waals surface area (Å²) in [5.41, 5.74) is 15.7. The number of aliphatic hydroxyl groups is 1. The van der Waals surface area contributed by atoms with Crippen LogP contribution in [-0.2, 0) is 28.8 Å². The second-order valence-corrected chi connectivity index (χ2v) is 7.02. The number of nitrogens with two attached hydrogens (primary N) is 3. The third-order valence-corrected chi connectivity index (χ3v) is 4.30. The number of primary amides is 2. The van der Waals surface area contributed by atoms with Crippen LogP contribution in [0.1, 0.15) is 26.2 Å². The maximum Gasteiger partial charge on any atom is 0.328 e. The summed E-state index contributed by atoms with van der Waals surface area (Å²) in [5.74, 6) is -6.23. The standard InChI is InChI=1S/C16H28N6O8S/c1-6(23)12(16(29)30)22-14(27)8(4-11(19)25)20-15(28)9(5-31)21-13(26)7(17)2-3-10(18)24/h6-9,12,23,31H,2-5,17H2,1H3,(H2,18,24)(H2,19,25)(H,20,28)(H,21,26)(H,22,27)(H,29,30). The number of thiol groups is 1. The zero-order valence-electron chi connectivity index (χ0n) is 16.7. The van der Waals surface area contributed by atoms with Crippen LogP contribution in [0.5, 0.6) is 0 Å². The highest BCUT2D eigenvalue weighted by molar-refractivity contribution is 7.80. The highest BCUT2D eigenvalue weighted by Gasteiger charge is 2.32. The second kappa shape index (κ2) is 13.4. The van der Waals surface area contributed by atoms with E-state index in [1.54, 1.807) is 0 Å². The smallest absolute Gasteiger partial charge is 0.328 e. The summed E-state index contributed by atoms with van der Waals surface area (Å²) >= 11 is 3.94. The van der Waals surface area contributed by atoms with Gasteiger partial charge in [0, 0.05) is 12.2 Å². The molecule has 31 heavy (non-hydrogen) atoms. The van der Waals surface area contributed by atoms with Crippen molar-refractivity contribution in [1.29, 1.82) is 0 Å². The van der Waals surface area contributed by atoms with Crippen molar-refractivity contribution in [3.8, 4) is 0 Å². The molecule has 14 nitrogen and oxygen atoms in total. The van der Waals surface area contributed by atoms with Crippen LogP contribution in [0, 0.1) is 0 Å². The minimum atomic E-state index is -1.71. The molecule has 0 radical (unpaired) electrons. The van der Waals surface area contributed by atoms with Crippen LogP contribution in [0.2, 0.25) is 0 Å². The van der Waals surface area contributed by atoms with Gasteiger partial charge in [0.15, 0.2) is 6.04 Å². The molecule has 0 fully saturated rings. The summed E-state index contributed by atoms with van der Waals surface area (Å²) in [5, 5.41) is 24.9. The fourth-order valence-corrected chi connectivity index (χ4v) is 2.48. The van der Waals surface area contributed by atoms with Gasteiger partial charge in [0.25, 0.3) is 0 Å². The van der Waals surface area contributed by atoms with Gasteiger partial charge >= 0.3 is 5.97 Å². The van der Waals surface area contributed by atoms with Gasteiger partial charge in [0.1, 0.15) is 12.1 Å². The molecule has 176 valence electrons. The van der Waals surface area contributed by atoms with Gasteiger partial charge in [0.05, 0.1) is 18.6 Å². The van der Waals surface area contributed by atoms with E-state index in [9.17, 15) is 33.9 Å². The molecule has 0 aromatic carbocycles. The summed E-state index contributed by atoms with van der Waals surface area (Å²) in [6, 6.07) is -5.72. The molecule has 0 rings (SSSR count). The maximum atomic E-state index is 12.5. The van der Waals surface area contributed by atoms with Crippen molar-refractivity contribution in [2.45, 2.75) is 56.5 Å². The monoisotopic (exact) mass is 464 g/mol. The molecule has 0 saturated heterocycles. The van der Waals surface area contributed by atoms with Crippen molar-refractivity contribution in [3.63, 3.8) is 0 Å². The lowest BCUT2D eigenvalue weighted by Crippen LogP contribution is -2.59. The minimum Gasteiger partial charge on any atom is -0.480 e. The van der Waals surface area contributed by atoms with Crippen LogP contribution < -0.4 is 33.2 Å². The summed E-state index contributed by atoms with van der Waals surface area (Å²) in [6.45, 7) is 1.12. The largest absolute Gasteiger partial charge is 0.480 e. The normalized spacial score (nSPS) is 15.5. The predicted octanol–water partition coefficient (Wildman–Crippen LogP) is -4.70. The van der Waals surface area contributed by atoms with Gasteiger partial charge in [-0.3, -0.25) is 24.0 Å². The summed E-state index contributed by atoms with van der Waals surface area (Å²) in [7, 11) is 0. The zero-order chi connectivity index (χ0) is 24.3. The first-order valence-electron chi connectivity index (χ1n) is 9.05. The predicted molar refractivity (Wildman–Crippen MR) is 109 cm³/mol. The van der Waals surface area contributed by atoms with E-state index < -0.39 is 72.2 Å². The highest BCUT2D eigenvalue weighted by Crippen LogP contribution is 2.01. The van der Waals surface area contributed by atoms with E-state index in [1.807, 2.05) is 5.32 Å². The number of nitrogens with one attached hydrogen (secondary N) is 3.